The van der Waals surface area contributed by atoms with Crippen molar-refractivity contribution in [1.82, 2.24) is 24.6 Å². The molecule has 0 aliphatic carbocycles. The SMILES string of the molecule is CCn1ncnc1CN1C[C@@H]2COC[C@H](C1)N(C(=O)c1ccco1)C2. The number of nitrogens with zero attached hydrogens (tertiary/aromatic N) is 5. The fraction of sp³-hybridized carbons (Fsp3) is 0.588. The molecule has 4 heterocycles. The molecular formula is C17H23N5O3. The zero-order valence-electron chi connectivity index (χ0n) is 14.4. The van der Waals surface area contributed by atoms with Crippen LogP contribution < -0.4 is 0 Å². The van der Waals surface area contributed by atoms with Crippen LogP contribution in [-0.4, -0.2) is 69.4 Å². The molecule has 2 fully saturated rings. The summed E-state index contributed by atoms with van der Waals surface area (Å²) in [7, 11) is 0. The van der Waals surface area contributed by atoms with Gasteiger partial charge < -0.3 is 14.1 Å². The molecule has 0 aromatic carbocycles. The van der Waals surface area contributed by atoms with Crippen molar-refractivity contribution >= 4 is 5.91 Å². The first-order valence-electron chi connectivity index (χ1n) is 8.76. The minimum atomic E-state index is -0.0518. The highest BCUT2D eigenvalue weighted by atomic mass is 16.5. The van der Waals surface area contributed by atoms with Gasteiger partial charge in [0.2, 0.25) is 0 Å². The Kier molecular flexibility index (Phi) is 4.54. The Morgan fingerprint density at radius 3 is 3.04 bits per heavy atom. The number of carbonyl (C=O) groups is 1. The first-order chi connectivity index (χ1) is 12.2. The van der Waals surface area contributed by atoms with E-state index in [2.05, 4.69) is 21.9 Å². The lowest BCUT2D eigenvalue weighted by Crippen LogP contribution is -2.46. The maximum atomic E-state index is 12.8. The summed E-state index contributed by atoms with van der Waals surface area (Å²) >= 11 is 0. The number of ether oxygens (including phenoxy) is 1. The Balaban J connectivity index is 1.53. The molecule has 2 aliphatic heterocycles. The van der Waals surface area contributed by atoms with Gasteiger partial charge in [-0.15, -0.1) is 0 Å². The van der Waals surface area contributed by atoms with Gasteiger partial charge in [-0.3, -0.25) is 9.69 Å². The van der Waals surface area contributed by atoms with E-state index in [1.165, 1.54) is 6.26 Å². The second-order valence-corrected chi connectivity index (χ2v) is 6.68. The predicted molar refractivity (Wildman–Crippen MR) is 88.8 cm³/mol. The standard InChI is InChI=1S/C17H23N5O3/c1-2-22-16(18-12-19-22)9-20-6-13-7-21(14(8-20)11-24-10-13)17(23)15-4-3-5-25-15/h3-5,12-14H,2,6-11H2,1H3/t13-,14-/m0/s1. The van der Waals surface area contributed by atoms with Crippen LogP contribution >= 0.6 is 0 Å². The zero-order chi connectivity index (χ0) is 17.2. The predicted octanol–water partition coefficient (Wildman–Crippen LogP) is 0.864. The molecule has 0 radical (unpaired) electrons. The van der Waals surface area contributed by atoms with Crippen LogP contribution in [0.15, 0.2) is 29.1 Å². The molecule has 8 nitrogen and oxygen atoms in total. The highest BCUT2D eigenvalue weighted by molar-refractivity contribution is 5.91. The Labute approximate surface area is 146 Å². The van der Waals surface area contributed by atoms with Crippen molar-refractivity contribution in [3.8, 4) is 0 Å². The molecule has 2 aromatic rings. The van der Waals surface area contributed by atoms with E-state index in [-0.39, 0.29) is 17.9 Å². The van der Waals surface area contributed by atoms with Gasteiger partial charge in [0, 0.05) is 32.1 Å². The van der Waals surface area contributed by atoms with Crippen LogP contribution in [0.3, 0.4) is 0 Å². The molecule has 4 rings (SSSR count). The normalized spacial score (nSPS) is 24.3. The van der Waals surface area contributed by atoms with E-state index in [4.69, 9.17) is 9.15 Å². The van der Waals surface area contributed by atoms with Gasteiger partial charge in [0.1, 0.15) is 12.2 Å². The summed E-state index contributed by atoms with van der Waals surface area (Å²) in [5.41, 5.74) is 0. The summed E-state index contributed by atoms with van der Waals surface area (Å²) in [5.74, 6) is 1.59. The van der Waals surface area contributed by atoms with Crippen LogP contribution in [0, 0.1) is 5.92 Å². The zero-order valence-corrected chi connectivity index (χ0v) is 14.4. The third kappa shape index (κ3) is 3.32. The minimum absolute atomic E-state index is 0.0168. The fourth-order valence-corrected chi connectivity index (χ4v) is 3.73. The summed E-state index contributed by atoms with van der Waals surface area (Å²) in [4.78, 5) is 21.5. The molecule has 2 saturated heterocycles. The second kappa shape index (κ2) is 6.97. The summed E-state index contributed by atoms with van der Waals surface area (Å²) in [6, 6.07) is 3.49. The number of amides is 1. The molecule has 8 heteroatoms. The quantitative estimate of drug-likeness (QED) is 0.818. The summed E-state index contributed by atoms with van der Waals surface area (Å²) in [6.07, 6.45) is 3.14. The number of furan rings is 1. The molecule has 2 atom stereocenters. The number of rotatable bonds is 4. The lowest BCUT2D eigenvalue weighted by atomic mass is 10.1. The van der Waals surface area contributed by atoms with Gasteiger partial charge in [0.05, 0.1) is 32.1 Å². The van der Waals surface area contributed by atoms with Crippen molar-refractivity contribution < 1.29 is 13.9 Å². The Hall–Kier alpha value is -2.19. The van der Waals surface area contributed by atoms with E-state index in [0.717, 1.165) is 32.0 Å². The maximum absolute atomic E-state index is 12.8. The molecule has 2 aliphatic rings. The van der Waals surface area contributed by atoms with E-state index >= 15 is 0 Å². The third-order valence-electron chi connectivity index (χ3n) is 4.90. The van der Waals surface area contributed by atoms with Gasteiger partial charge in [-0.2, -0.15) is 5.10 Å². The van der Waals surface area contributed by atoms with E-state index in [1.807, 2.05) is 9.58 Å². The smallest absolute Gasteiger partial charge is 0.289 e. The van der Waals surface area contributed by atoms with Crippen molar-refractivity contribution in [3.63, 3.8) is 0 Å². The van der Waals surface area contributed by atoms with Gasteiger partial charge >= 0.3 is 0 Å². The average molecular weight is 345 g/mol. The Bertz CT molecular complexity index is 714. The molecule has 0 saturated carbocycles. The monoisotopic (exact) mass is 345 g/mol. The summed E-state index contributed by atoms with van der Waals surface area (Å²) < 4.78 is 13.0. The number of aryl methyl sites for hydroxylation is 1. The first-order valence-corrected chi connectivity index (χ1v) is 8.76. The van der Waals surface area contributed by atoms with E-state index in [1.54, 1.807) is 18.5 Å². The van der Waals surface area contributed by atoms with Gasteiger partial charge in [-0.1, -0.05) is 0 Å². The molecule has 1 amide bonds. The van der Waals surface area contributed by atoms with Gasteiger partial charge in [0.25, 0.3) is 5.91 Å². The number of hydrogen-bond donors (Lipinski definition) is 0. The topological polar surface area (TPSA) is 76.6 Å². The molecule has 25 heavy (non-hydrogen) atoms. The third-order valence-corrected chi connectivity index (χ3v) is 4.90. The van der Waals surface area contributed by atoms with Crippen LogP contribution in [0.4, 0.5) is 0 Å². The Morgan fingerprint density at radius 1 is 1.32 bits per heavy atom. The lowest BCUT2D eigenvalue weighted by molar-refractivity contribution is 0.0403. The number of hydrogen-bond acceptors (Lipinski definition) is 6. The number of aromatic nitrogens is 3. The fourth-order valence-electron chi connectivity index (χ4n) is 3.73. The lowest BCUT2D eigenvalue weighted by Gasteiger charge is -2.30. The van der Waals surface area contributed by atoms with Crippen LogP contribution in [-0.2, 0) is 17.8 Å². The van der Waals surface area contributed by atoms with Crippen LogP contribution in [0.2, 0.25) is 0 Å². The van der Waals surface area contributed by atoms with Crippen LogP contribution in [0.25, 0.3) is 0 Å². The number of carbonyl (C=O) groups excluding carboxylic acids is 1. The van der Waals surface area contributed by atoms with Crippen LogP contribution in [0.1, 0.15) is 23.3 Å². The maximum Gasteiger partial charge on any atom is 0.289 e. The molecule has 0 spiro atoms. The molecule has 0 unspecified atom stereocenters. The summed E-state index contributed by atoms with van der Waals surface area (Å²) in [6.45, 7) is 7.18. The van der Waals surface area contributed by atoms with Crippen molar-refractivity contribution in [2.75, 3.05) is 32.8 Å². The van der Waals surface area contributed by atoms with E-state index in [9.17, 15) is 4.79 Å². The molecule has 2 bridgehead atoms. The van der Waals surface area contributed by atoms with Gasteiger partial charge in [0.15, 0.2) is 5.76 Å². The van der Waals surface area contributed by atoms with Gasteiger partial charge in [-0.25, -0.2) is 9.67 Å². The molecular weight excluding hydrogens is 322 g/mol. The largest absolute Gasteiger partial charge is 0.459 e. The average Bonchev–Trinajstić information content (AvgIpc) is 3.20. The molecule has 134 valence electrons. The minimum Gasteiger partial charge on any atom is -0.459 e. The first kappa shape index (κ1) is 16.3. The van der Waals surface area contributed by atoms with E-state index in [0.29, 0.717) is 25.5 Å². The highest BCUT2D eigenvalue weighted by Gasteiger charge is 2.37. The van der Waals surface area contributed by atoms with E-state index < -0.39 is 0 Å². The van der Waals surface area contributed by atoms with Crippen molar-refractivity contribution in [3.05, 3.63) is 36.3 Å². The summed E-state index contributed by atoms with van der Waals surface area (Å²) in [5, 5.41) is 4.25. The van der Waals surface area contributed by atoms with Crippen molar-refractivity contribution in [2.24, 2.45) is 5.92 Å². The molecule has 0 N–H and O–H groups in total. The van der Waals surface area contributed by atoms with Crippen molar-refractivity contribution in [2.45, 2.75) is 26.1 Å². The Morgan fingerprint density at radius 2 is 2.24 bits per heavy atom. The highest BCUT2D eigenvalue weighted by Crippen LogP contribution is 2.23. The van der Waals surface area contributed by atoms with Crippen LogP contribution in [0.5, 0.6) is 0 Å². The number of fused-ring (bicyclic) bond motifs is 3. The van der Waals surface area contributed by atoms with Gasteiger partial charge in [-0.05, 0) is 19.1 Å². The second-order valence-electron chi connectivity index (χ2n) is 6.68. The molecule has 2 aromatic heterocycles. The van der Waals surface area contributed by atoms with Crippen molar-refractivity contribution in [1.29, 1.82) is 0 Å².